The largest absolute Gasteiger partial charge is 0.465 e. The predicted molar refractivity (Wildman–Crippen MR) is 85.0 cm³/mol. The Balaban J connectivity index is 2.36. The molecule has 126 valence electrons. The average Bonchev–Trinajstić information content (AvgIpc) is 2.92. The number of anilines is 1. The van der Waals surface area contributed by atoms with E-state index in [2.05, 4.69) is 19.9 Å². The second-order valence-corrected chi connectivity index (χ2v) is 5.03. The Kier molecular flexibility index (Phi) is 4.98. The minimum absolute atomic E-state index is 0.118. The highest BCUT2D eigenvalue weighted by molar-refractivity contribution is 6.05. The lowest BCUT2D eigenvalue weighted by Gasteiger charge is -2.08. The number of methoxy groups -OCH3 is 2. The molecular weight excluding hydrogens is 314 g/mol. The van der Waals surface area contributed by atoms with Crippen LogP contribution in [0.2, 0.25) is 0 Å². The number of hydrogen-bond acceptors (Lipinski definition) is 6. The molecule has 0 aliphatic carbocycles. The van der Waals surface area contributed by atoms with E-state index in [0.717, 1.165) is 5.69 Å². The minimum atomic E-state index is -0.634. The molecule has 8 nitrogen and oxygen atoms in total. The molecule has 0 fully saturated rings. The highest BCUT2D eigenvalue weighted by atomic mass is 16.5. The Morgan fingerprint density at radius 3 is 1.96 bits per heavy atom. The van der Waals surface area contributed by atoms with Crippen molar-refractivity contribution in [1.82, 2.24) is 9.78 Å². The van der Waals surface area contributed by atoms with E-state index in [1.165, 1.54) is 32.4 Å². The van der Waals surface area contributed by atoms with Gasteiger partial charge in [0.25, 0.3) is 5.91 Å². The molecule has 0 aliphatic rings. The summed E-state index contributed by atoms with van der Waals surface area (Å²) in [5.41, 5.74) is 1.53. The van der Waals surface area contributed by atoms with E-state index in [-0.39, 0.29) is 22.5 Å². The fourth-order valence-electron chi connectivity index (χ4n) is 2.04. The topological polar surface area (TPSA) is 99.5 Å². The zero-order valence-electron chi connectivity index (χ0n) is 13.7. The monoisotopic (exact) mass is 331 g/mol. The average molecular weight is 331 g/mol. The number of aryl methyl sites for hydroxylation is 2. The van der Waals surface area contributed by atoms with E-state index >= 15 is 0 Å². The standard InChI is InChI=1S/C16H17N3O5/c1-9-5-13(18-19(9)2)14(20)17-12-7-10(15(21)23-3)6-11(8-12)16(22)24-4/h5-8H,1-4H3,(H,17,20). The summed E-state index contributed by atoms with van der Waals surface area (Å²) in [7, 11) is 4.17. The van der Waals surface area contributed by atoms with Crippen molar-refractivity contribution in [3.05, 3.63) is 46.8 Å². The molecule has 0 unspecified atom stereocenters. The number of nitrogens with one attached hydrogen (secondary N) is 1. The van der Waals surface area contributed by atoms with Crippen LogP contribution in [-0.4, -0.2) is 41.8 Å². The van der Waals surface area contributed by atoms with Crippen molar-refractivity contribution < 1.29 is 23.9 Å². The minimum Gasteiger partial charge on any atom is -0.465 e. The van der Waals surface area contributed by atoms with Crippen LogP contribution in [0.3, 0.4) is 0 Å². The number of rotatable bonds is 4. The van der Waals surface area contributed by atoms with Gasteiger partial charge in [0.1, 0.15) is 0 Å². The van der Waals surface area contributed by atoms with Crippen molar-refractivity contribution in [2.75, 3.05) is 19.5 Å². The highest BCUT2D eigenvalue weighted by Crippen LogP contribution is 2.18. The molecule has 8 heteroatoms. The molecule has 0 aliphatic heterocycles. The first-order valence-electron chi connectivity index (χ1n) is 6.99. The molecule has 0 atom stereocenters. The van der Waals surface area contributed by atoms with Crippen molar-refractivity contribution in [2.24, 2.45) is 7.05 Å². The van der Waals surface area contributed by atoms with Crippen LogP contribution in [0.15, 0.2) is 24.3 Å². The molecule has 2 aromatic rings. The first-order chi connectivity index (χ1) is 11.3. The van der Waals surface area contributed by atoms with Gasteiger partial charge in [-0.2, -0.15) is 5.10 Å². The van der Waals surface area contributed by atoms with Crippen molar-refractivity contribution in [1.29, 1.82) is 0 Å². The van der Waals surface area contributed by atoms with Crippen LogP contribution in [0.5, 0.6) is 0 Å². The molecule has 0 saturated carbocycles. The molecule has 1 aromatic carbocycles. The molecule has 0 saturated heterocycles. The molecule has 0 bridgehead atoms. The third-order valence-electron chi connectivity index (χ3n) is 3.38. The van der Waals surface area contributed by atoms with Crippen molar-refractivity contribution in [3.8, 4) is 0 Å². The lowest BCUT2D eigenvalue weighted by Crippen LogP contribution is -2.15. The maximum Gasteiger partial charge on any atom is 0.337 e. The van der Waals surface area contributed by atoms with Crippen LogP contribution in [0.4, 0.5) is 5.69 Å². The zero-order valence-corrected chi connectivity index (χ0v) is 13.7. The van der Waals surface area contributed by atoms with E-state index < -0.39 is 17.8 Å². The quantitative estimate of drug-likeness (QED) is 0.853. The van der Waals surface area contributed by atoms with E-state index in [9.17, 15) is 14.4 Å². The van der Waals surface area contributed by atoms with Gasteiger partial charge in [-0.25, -0.2) is 9.59 Å². The Hall–Kier alpha value is -3.16. The lowest BCUT2D eigenvalue weighted by atomic mass is 10.1. The van der Waals surface area contributed by atoms with E-state index in [1.807, 2.05) is 6.92 Å². The van der Waals surface area contributed by atoms with Gasteiger partial charge in [-0.05, 0) is 31.2 Å². The molecule has 2 rings (SSSR count). The van der Waals surface area contributed by atoms with Gasteiger partial charge in [-0.1, -0.05) is 0 Å². The van der Waals surface area contributed by atoms with E-state index in [4.69, 9.17) is 0 Å². The fraction of sp³-hybridized carbons (Fsp3) is 0.250. The molecule has 1 aromatic heterocycles. The third kappa shape index (κ3) is 3.60. The first-order valence-corrected chi connectivity index (χ1v) is 6.99. The van der Waals surface area contributed by atoms with Crippen LogP contribution in [0.25, 0.3) is 0 Å². The maximum atomic E-state index is 12.3. The number of carbonyl (C=O) groups is 3. The van der Waals surface area contributed by atoms with E-state index in [1.54, 1.807) is 17.8 Å². The van der Waals surface area contributed by atoms with Crippen molar-refractivity contribution in [2.45, 2.75) is 6.92 Å². The lowest BCUT2D eigenvalue weighted by molar-refractivity contribution is 0.0599. The van der Waals surface area contributed by atoms with Crippen LogP contribution in [0, 0.1) is 6.92 Å². The van der Waals surface area contributed by atoms with Gasteiger partial charge in [-0.3, -0.25) is 9.48 Å². The molecule has 0 spiro atoms. The first kappa shape index (κ1) is 17.2. The van der Waals surface area contributed by atoms with Crippen LogP contribution < -0.4 is 5.32 Å². The summed E-state index contributed by atoms with van der Waals surface area (Å²) in [4.78, 5) is 35.7. The number of carbonyl (C=O) groups excluding carboxylic acids is 3. The molecule has 24 heavy (non-hydrogen) atoms. The third-order valence-corrected chi connectivity index (χ3v) is 3.38. The van der Waals surface area contributed by atoms with Crippen molar-refractivity contribution in [3.63, 3.8) is 0 Å². The normalized spacial score (nSPS) is 10.2. The number of benzene rings is 1. The summed E-state index contributed by atoms with van der Waals surface area (Å²) >= 11 is 0. The number of hydrogen-bond donors (Lipinski definition) is 1. The highest BCUT2D eigenvalue weighted by Gasteiger charge is 2.16. The maximum absolute atomic E-state index is 12.3. The SMILES string of the molecule is COC(=O)c1cc(NC(=O)c2cc(C)n(C)n2)cc(C(=O)OC)c1. The fourth-order valence-corrected chi connectivity index (χ4v) is 2.04. The second-order valence-electron chi connectivity index (χ2n) is 5.03. The van der Waals surface area contributed by atoms with Gasteiger partial charge in [0.2, 0.25) is 0 Å². The Morgan fingerprint density at radius 2 is 1.54 bits per heavy atom. The van der Waals surface area contributed by atoms with Crippen LogP contribution >= 0.6 is 0 Å². The van der Waals surface area contributed by atoms with Crippen LogP contribution in [-0.2, 0) is 16.5 Å². The molecular formula is C16H17N3O5. The number of esters is 2. The summed E-state index contributed by atoms with van der Waals surface area (Å²) < 4.78 is 10.9. The second kappa shape index (κ2) is 6.95. The summed E-state index contributed by atoms with van der Waals surface area (Å²) in [6, 6.07) is 5.77. The summed E-state index contributed by atoms with van der Waals surface area (Å²) in [6.45, 7) is 1.82. The van der Waals surface area contributed by atoms with Gasteiger partial charge < -0.3 is 14.8 Å². The summed E-state index contributed by atoms with van der Waals surface area (Å²) in [5, 5.41) is 6.68. The Labute approximate surface area is 138 Å². The Morgan fingerprint density at radius 1 is 1.00 bits per heavy atom. The van der Waals surface area contributed by atoms with Gasteiger partial charge in [0.05, 0.1) is 25.3 Å². The molecule has 1 amide bonds. The smallest absolute Gasteiger partial charge is 0.337 e. The molecule has 0 radical (unpaired) electrons. The number of nitrogens with zero attached hydrogens (tertiary/aromatic N) is 2. The van der Waals surface area contributed by atoms with Crippen molar-refractivity contribution >= 4 is 23.5 Å². The van der Waals surface area contributed by atoms with Gasteiger partial charge in [0.15, 0.2) is 5.69 Å². The van der Waals surface area contributed by atoms with Gasteiger partial charge in [0, 0.05) is 18.4 Å². The summed E-state index contributed by atoms with van der Waals surface area (Å²) in [5.74, 6) is -1.73. The molecule has 1 N–H and O–H groups in total. The number of amides is 1. The zero-order chi connectivity index (χ0) is 17.9. The Bertz CT molecular complexity index is 756. The van der Waals surface area contributed by atoms with Gasteiger partial charge >= 0.3 is 11.9 Å². The van der Waals surface area contributed by atoms with Gasteiger partial charge in [-0.15, -0.1) is 0 Å². The number of aromatic nitrogens is 2. The molecule has 1 heterocycles. The van der Waals surface area contributed by atoms with E-state index in [0.29, 0.717) is 0 Å². The summed E-state index contributed by atoms with van der Waals surface area (Å²) in [6.07, 6.45) is 0. The predicted octanol–water partition coefficient (Wildman–Crippen LogP) is 1.55. The van der Waals surface area contributed by atoms with Crippen LogP contribution in [0.1, 0.15) is 36.9 Å². The number of ether oxygens (including phenoxy) is 2.